The predicted octanol–water partition coefficient (Wildman–Crippen LogP) is 1.17. The lowest BCUT2D eigenvalue weighted by molar-refractivity contribution is -0.125. The van der Waals surface area contributed by atoms with Crippen molar-refractivity contribution < 1.29 is 19.1 Å². The molecular weight excluding hydrogens is 350 g/mol. The lowest BCUT2D eigenvalue weighted by Gasteiger charge is -2.13. The van der Waals surface area contributed by atoms with Gasteiger partial charge in [-0.25, -0.2) is 9.69 Å². The van der Waals surface area contributed by atoms with Crippen LogP contribution >= 0.6 is 0 Å². The van der Waals surface area contributed by atoms with Gasteiger partial charge in [-0.15, -0.1) is 0 Å². The number of urea groups is 1. The van der Waals surface area contributed by atoms with Crippen molar-refractivity contribution in [1.82, 2.24) is 20.8 Å². The Morgan fingerprint density at radius 1 is 1.26 bits per heavy atom. The highest BCUT2D eigenvalue weighted by atomic mass is 16.5. The van der Waals surface area contributed by atoms with Gasteiger partial charge in [0, 0.05) is 17.8 Å². The largest absolute Gasteiger partial charge is 0.497 e. The number of benzene rings is 1. The number of hydrogen-bond acceptors (Lipinski definition) is 5. The number of nitrogens with one attached hydrogen (secondary N) is 3. The van der Waals surface area contributed by atoms with Gasteiger partial charge >= 0.3 is 6.03 Å². The molecule has 0 bridgehead atoms. The van der Waals surface area contributed by atoms with Crippen LogP contribution in [0.1, 0.15) is 23.4 Å². The van der Waals surface area contributed by atoms with Gasteiger partial charge in [-0.3, -0.25) is 14.7 Å². The van der Waals surface area contributed by atoms with Crippen molar-refractivity contribution in [3.05, 3.63) is 41.2 Å². The van der Waals surface area contributed by atoms with E-state index in [9.17, 15) is 14.4 Å². The first-order valence-corrected chi connectivity index (χ1v) is 8.46. The van der Waals surface area contributed by atoms with Crippen LogP contribution in [0, 0.1) is 13.8 Å². The Morgan fingerprint density at radius 2 is 1.96 bits per heavy atom. The zero-order chi connectivity index (χ0) is 19.6. The van der Waals surface area contributed by atoms with Crippen LogP contribution in [0.25, 0.3) is 0 Å². The number of imide groups is 1. The zero-order valence-corrected chi connectivity index (χ0v) is 15.3. The Kier molecular flexibility index (Phi) is 5.11. The number of anilines is 1. The van der Waals surface area contributed by atoms with Crippen molar-refractivity contribution in [1.29, 1.82) is 0 Å². The summed E-state index contributed by atoms with van der Waals surface area (Å²) in [5, 5.41) is 12.2. The first-order valence-electron chi connectivity index (χ1n) is 8.46. The van der Waals surface area contributed by atoms with E-state index in [1.807, 2.05) is 13.8 Å². The highest BCUT2D eigenvalue weighted by Crippen LogP contribution is 2.23. The number of ether oxygens (including phenoxy) is 1. The van der Waals surface area contributed by atoms with E-state index in [0.29, 0.717) is 18.0 Å². The van der Waals surface area contributed by atoms with Crippen LogP contribution in [-0.4, -0.2) is 41.2 Å². The fraction of sp³-hybridized carbons (Fsp3) is 0.333. The molecule has 3 rings (SSSR count). The molecule has 1 unspecified atom stereocenters. The number of carbonyl (C=O) groups excluding carboxylic acids is 3. The third kappa shape index (κ3) is 3.76. The fourth-order valence-electron chi connectivity index (χ4n) is 2.92. The number of carbonyl (C=O) groups is 3. The summed E-state index contributed by atoms with van der Waals surface area (Å²) in [6, 6.07) is 5.10. The minimum atomic E-state index is -0.897. The summed E-state index contributed by atoms with van der Waals surface area (Å²) >= 11 is 0. The molecule has 1 atom stereocenters. The Labute approximate surface area is 156 Å². The average molecular weight is 371 g/mol. The molecule has 1 fully saturated rings. The number of hydrogen-bond donors (Lipinski definition) is 3. The highest BCUT2D eigenvalue weighted by molar-refractivity contribution is 6.22. The second-order valence-electron chi connectivity index (χ2n) is 6.27. The third-order valence-corrected chi connectivity index (χ3v) is 4.48. The molecule has 1 aliphatic rings. The molecular formula is C18H21N5O4. The van der Waals surface area contributed by atoms with Crippen molar-refractivity contribution in [3.8, 4) is 5.75 Å². The van der Waals surface area contributed by atoms with E-state index in [1.54, 1.807) is 24.3 Å². The molecule has 1 aliphatic heterocycles. The van der Waals surface area contributed by atoms with Gasteiger partial charge in [0.05, 0.1) is 24.9 Å². The number of aromatic amines is 1. The maximum absolute atomic E-state index is 12.6. The molecule has 4 amide bonds. The second-order valence-corrected chi connectivity index (χ2v) is 6.27. The topological polar surface area (TPSA) is 116 Å². The van der Waals surface area contributed by atoms with Gasteiger partial charge in [0.2, 0.25) is 5.91 Å². The number of aryl methyl sites for hydroxylation is 2. The molecule has 27 heavy (non-hydrogen) atoms. The standard InChI is InChI=1S/C18H21N5O4/c1-10-14(11(2)22-21-10)9-19-16(24)8-15-17(25)23(18(26)20-15)12-4-6-13(27-3)7-5-12/h4-7,15H,8-9H2,1-3H3,(H,19,24)(H,20,26)(H,21,22). The molecule has 142 valence electrons. The van der Waals surface area contributed by atoms with Crippen LogP contribution < -0.4 is 20.3 Å². The van der Waals surface area contributed by atoms with Crippen LogP contribution in [0.3, 0.4) is 0 Å². The summed E-state index contributed by atoms with van der Waals surface area (Å²) < 4.78 is 5.07. The number of amides is 4. The van der Waals surface area contributed by atoms with E-state index >= 15 is 0 Å². The number of rotatable bonds is 6. The van der Waals surface area contributed by atoms with E-state index < -0.39 is 18.0 Å². The molecule has 3 N–H and O–H groups in total. The molecule has 9 heteroatoms. The van der Waals surface area contributed by atoms with Gasteiger partial charge in [0.1, 0.15) is 11.8 Å². The van der Waals surface area contributed by atoms with Crippen LogP contribution in [-0.2, 0) is 16.1 Å². The summed E-state index contributed by atoms with van der Waals surface area (Å²) in [5.41, 5.74) is 3.02. The van der Waals surface area contributed by atoms with Crippen molar-refractivity contribution >= 4 is 23.5 Å². The molecule has 0 aliphatic carbocycles. The number of aromatic nitrogens is 2. The Bertz CT molecular complexity index is 855. The molecule has 0 spiro atoms. The summed E-state index contributed by atoms with van der Waals surface area (Å²) in [6.07, 6.45) is -0.132. The molecule has 2 heterocycles. The second kappa shape index (κ2) is 7.48. The van der Waals surface area contributed by atoms with E-state index in [-0.39, 0.29) is 12.3 Å². The first kappa shape index (κ1) is 18.4. The third-order valence-electron chi connectivity index (χ3n) is 4.48. The molecule has 0 radical (unpaired) electrons. The summed E-state index contributed by atoms with van der Waals surface area (Å²) in [4.78, 5) is 38.0. The zero-order valence-electron chi connectivity index (χ0n) is 15.3. The fourth-order valence-corrected chi connectivity index (χ4v) is 2.92. The van der Waals surface area contributed by atoms with Gasteiger partial charge in [-0.05, 0) is 38.1 Å². The van der Waals surface area contributed by atoms with Gasteiger partial charge in [-0.1, -0.05) is 0 Å². The molecule has 9 nitrogen and oxygen atoms in total. The molecule has 1 aromatic carbocycles. The van der Waals surface area contributed by atoms with Gasteiger partial charge in [-0.2, -0.15) is 5.10 Å². The molecule has 1 aromatic heterocycles. The van der Waals surface area contributed by atoms with E-state index in [1.165, 1.54) is 7.11 Å². The monoisotopic (exact) mass is 371 g/mol. The lowest BCUT2D eigenvalue weighted by Crippen LogP contribution is -2.36. The van der Waals surface area contributed by atoms with Crippen LogP contribution in [0.5, 0.6) is 5.75 Å². The minimum Gasteiger partial charge on any atom is -0.497 e. The summed E-state index contributed by atoms with van der Waals surface area (Å²) in [6.45, 7) is 4.03. The van der Waals surface area contributed by atoms with Gasteiger partial charge in [0.25, 0.3) is 5.91 Å². The molecule has 2 aromatic rings. The van der Waals surface area contributed by atoms with Gasteiger partial charge in [0.15, 0.2) is 0 Å². The summed E-state index contributed by atoms with van der Waals surface area (Å²) in [7, 11) is 1.53. The maximum atomic E-state index is 12.6. The van der Waals surface area contributed by atoms with E-state index in [2.05, 4.69) is 20.8 Å². The van der Waals surface area contributed by atoms with Crippen molar-refractivity contribution in [2.75, 3.05) is 12.0 Å². The van der Waals surface area contributed by atoms with Crippen LogP contribution in [0.15, 0.2) is 24.3 Å². The van der Waals surface area contributed by atoms with Crippen molar-refractivity contribution in [2.45, 2.75) is 32.9 Å². The normalized spacial score (nSPS) is 16.4. The van der Waals surface area contributed by atoms with E-state index in [4.69, 9.17) is 4.74 Å². The number of nitrogens with zero attached hydrogens (tertiary/aromatic N) is 2. The lowest BCUT2D eigenvalue weighted by atomic mass is 10.1. The number of H-pyrrole nitrogens is 1. The quantitative estimate of drug-likeness (QED) is 0.659. The van der Waals surface area contributed by atoms with Crippen molar-refractivity contribution in [3.63, 3.8) is 0 Å². The Hall–Kier alpha value is -3.36. The molecule has 0 saturated carbocycles. The smallest absolute Gasteiger partial charge is 0.329 e. The van der Waals surface area contributed by atoms with Crippen molar-refractivity contribution in [2.24, 2.45) is 0 Å². The van der Waals surface area contributed by atoms with Crippen LogP contribution in [0.4, 0.5) is 10.5 Å². The van der Waals surface area contributed by atoms with E-state index in [0.717, 1.165) is 21.9 Å². The molecule has 1 saturated heterocycles. The minimum absolute atomic E-state index is 0.132. The number of methoxy groups -OCH3 is 1. The predicted molar refractivity (Wildman–Crippen MR) is 97.3 cm³/mol. The summed E-state index contributed by atoms with van der Waals surface area (Å²) in [5.74, 6) is -0.173. The highest BCUT2D eigenvalue weighted by Gasteiger charge is 2.40. The van der Waals surface area contributed by atoms with Gasteiger partial charge < -0.3 is 15.4 Å². The SMILES string of the molecule is COc1ccc(N2C(=O)NC(CC(=O)NCc3c(C)n[nH]c3C)C2=O)cc1. The first-order chi connectivity index (χ1) is 12.9. The van der Waals surface area contributed by atoms with Crippen LogP contribution in [0.2, 0.25) is 0 Å². The Morgan fingerprint density at radius 3 is 2.56 bits per heavy atom. The Balaban J connectivity index is 1.61. The average Bonchev–Trinajstić information content (AvgIpc) is 3.11. The maximum Gasteiger partial charge on any atom is 0.329 e.